The summed E-state index contributed by atoms with van der Waals surface area (Å²) in [4.78, 5) is 0. The average molecular weight is 976 g/mol. The van der Waals surface area contributed by atoms with Crippen LogP contribution in [0.15, 0.2) is 140 Å². The maximum atomic E-state index is 4.93. The van der Waals surface area contributed by atoms with Gasteiger partial charge in [-0.2, -0.15) is 41.6 Å². The van der Waals surface area contributed by atoms with Gasteiger partial charge in [-0.1, -0.05) is 187 Å². The van der Waals surface area contributed by atoms with Crippen molar-refractivity contribution < 1.29 is 20.8 Å². The number of hydrogen-bond donors (Lipinski definition) is 0. The molecule has 1 aliphatic rings. The zero-order chi connectivity index (χ0) is 45.6. The van der Waals surface area contributed by atoms with Gasteiger partial charge in [-0.3, -0.25) is 0 Å². The second-order valence-corrected chi connectivity index (χ2v) is 22.1. The molecule has 0 N–H and O–H groups in total. The van der Waals surface area contributed by atoms with E-state index in [2.05, 4.69) is 195 Å². The Balaban J connectivity index is 0.000000160. The van der Waals surface area contributed by atoms with Crippen LogP contribution in [0.25, 0.3) is 54.9 Å². The molecule has 8 aromatic rings. The summed E-state index contributed by atoms with van der Waals surface area (Å²) < 4.78 is 0. The van der Waals surface area contributed by atoms with Gasteiger partial charge < -0.3 is 0 Å². The Kier molecular flexibility index (Phi) is 19.1. The molecule has 0 aromatic heterocycles. The Bertz CT molecular complexity index is 2530. The average Bonchev–Trinajstić information content (AvgIpc) is 4.08. The zero-order valence-corrected chi connectivity index (χ0v) is 44.3. The van der Waals surface area contributed by atoms with Crippen molar-refractivity contribution in [1.29, 1.82) is 0 Å². The van der Waals surface area contributed by atoms with Gasteiger partial charge in [0.05, 0.1) is 9.52 Å². The number of aryl methyl sites for hydroxylation is 4. The molecule has 0 nitrogen and oxygen atoms in total. The second-order valence-electron chi connectivity index (χ2n) is 17.1. The van der Waals surface area contributed by atoms with Crippen LogP contribution in [-0.4, -0.2) is 9.52 Å². The summed E-state index contributed by atoms with van der Waals surface area (Å²) in [7, 11) is 10.7. The molecule has 2 atom stereocenters. The van der Waals surface area contributed by atoms with Crippen LogP contribution in [0.5, 0.6) is 0 Å². The molecule has 1 heterocycles. The molecule has 4 heteroatoms. The standard InChI is InChI=1S/2C24H29.C12H7Si.2ClH.Zr/c2*1-5-10-19-13-14-20-15-21(17(4)6-2)16-23(20)24(19)22-12-9-8-11-18(22)7-3;1-3-7-11-9(5-1)10-6-2-4-8-12(10)13-11;;;/h2*8-9,11-17H,5-7,10H2,1-4H3;1-7H;2*1H;/q3*-1;;;+2/p-2. The van der Waals surface area contributed by atoms with Crippen molar-refractivity contribution in [3.05, 3.63) is 179 Å². The molecule has 8 aromatic carbocycles. The van der Waals surface area contributed by atoms with Gasteiger partial charge in [0.1, 0.15) is 0 Å². The fraction of sp³-hybridized carbons (Fsp3) is 0.300. The van der Waals surface area contributed by atoms with Crippen molar-refractivity contribution >= 4 is 58.5 Å². The van der Waals surface area contributed by atoms with Crippen LogP contribution < -0.4 is 10.4 Å². The molecular weight excluding hydrogens is 911 g/mol. The van der Waals surface area contributed by atoms with Gasteiger partial charge in [-0.15, -0.1) is 74.6 Å². The SMILES string of the molecule is CCCc1ccc2[cH-]c(C(C)CC)cc2c1-c1ccccc1CC.CCCc1ccc2[cH-]c(C(C)CC)cc2c1-c1ccccc1CC.[Cl][Zr][Cl].[c-]1cccc2c1[Si]c1ccccc1-2. The fourth-order valence-electron chi connectivity index (χ4n) is 9.20. The Labute approximate surface area is 407 Å². The van der Waals surface area contributed by atoms with E-state index in [4.69, 9.17) is 17.0 Å². The maximum absolute atomic E-state index is 4.93. The molecule has 330 valence electrons. The minimum Gasteiger partial charge on any atom is -0.184 e. The van der Waals surface area contributed by atoms with E-state index in [0.717, 1.165) is 35.2 Å². The first-order chi connectivity index (χ1) is 31.2. The van der Waals surface area contributed by atoms with Gasteiger partial charge in [0.2, 0.25) is 0 Å². The summed E-state index contributed by atoms with van der Waals surface area (Å²) in [5, 5.41) is 8.50. The van der Waals surface area contributed by atoms with E-state index >= 15 is 0 Å². The van der Waals surface area contributed by atoms with Crippen LogP contribution in [-0.2, 0) is 46.5 Å². The maximum Gasteiger partial charge on any atom is 0.0920 e. The van der Waals surface area contributed by atoms with E-state index in [1.54, 1.807) is 0 Å². The molecule has 0 fully saturated rings. The first kappa shape index (κ1) is 49.6. The molecule has 0 bridgehead atoms. The quantitative estimate of drug-likeness (QED) is 0.0845. The minimum atomic E-state index is -0.826. The first-order valence-corrected chi connectivity index (χ1v) is 31.0. The summed E-state index contributed by atoms with van der Waals surface area (Å²) in [6.45, 7) is 18.3. The predicted octanol–water partition coefficient (Wildman–Crippen LogP) is 17.0. The minimum absolute atomic E-state index is 0.626. The van der Waals surface area contributed by atoms with Crippen molar-refractivity contribution in [2.45, 2.75) is 119 Å². The monoisotopic (exact) mass is 973 g/mol. The van der Waals surface area contributed by atoms with Crippen LogP contribution in [0.1, 0.15) is 126 Å². The largest absolute Gasteiger partial charge is 0.184 e. The summed E-state index contributed by atoms with van der Waals surface area (Å²) in [5.74, 6) is 1.25. The molecule has 0 saturated heterocycles. The number of rotatable bonds is 12. The van der Waals surface area contributed by atoms with Crippen molar-refractivity contribution in [3.63, 3.8) is 0 Å². The molecule has 64 heavy (non-hydrogen) atoms. The Morgan fingerprint density at radius 3 is 1.42 bits per heavy atom. The second kappa shape index (κ2) is 24.7. The van der Waals surface area contributed by atoms with Crippen molar-refractivity contribution in [1.82, 2.24) is 0 Å². The molecule has 0 aliphatic carbocycles. The van der Waals surface area contributed by atoms with E-state index < -0.39 is 20.8 Å². The molecule has 9 rings (SSSR count). The molecule has 1 aliphatic heterocycles. The van der Waals surface area contributed by atoms with Crippen LogP contribution in [0.3, 0.4) is 0 Å². The van der Waals surface area contributed by atoms with E-state index in [1.807, 2.05) is 6.07 Å². The van der Waals surface area contributed by atoms with E-state index in [-0.39, 0.29) is 0 Å². The summed E-state index contributed by atoms with van der Waals surface area (Å²) in [6, 6.07) is 55.1. The van der Waals surface area contributed by atoms with E-state index in [1.165, 1.54) is 124 Å². The predicted molar refractivity (Wildman–Crippen MR) is 282 cm³/mol. The van der Waals surface area contributed by atoms with Gasteiger partial charge >= 0.3 is 37.9 Å². The van der Waals surface area contributed by atoms with Crippen molar-refractivity contribution in [2.24, 2.45) is 0 Å². The van der Waals surface area contributed by atoms with E-state index in [0.29, 0.717) is 11.8 Å². The third-order valence-corrected chi connectivity index (χ3v) is 14.4. The van der Waals surface area contributed by atoms with Crippen LogP contribution in [0.2, 0.25) is 0 Å². The molecular formula is C60H65Cl2SiZr-3. The van der Waals surface area contributed by atoms with Gasteiger partial charge in [0.15, 0.2) is 0 Å². The molecule has 0 spiro atoms. The van der Waals surface area contributed by atoms with Gasteiger partial charge in [-0.25, -0.2) is 0 Å². The fourth-order valence-corrected chi connectivity index (χ4v) is 10.5. The molecule has 2 unspecified atom stereocenters. The zero-order valence-electron chi connectivity index (χ0n) is 39.3. The van der Waals surface area contributed by atoms with Gasteiger partial charge in [-0.05, 0) is 59.8 Å². The van der Waals surface area contributed by atoms with Gasteiger partial charge in [0.25, 0.3) is 0 Å². The van der Waals surface area contributed by atoms with E-state index in [9.17, 15) is 0 Å². The normalized spacial score (nSPS) is 12.2. The number of halogens is 2. The Morgan fingerprint density at radius 2 is 0.969 bits per heavy atom. The van der Waals surface area contributed by atoms with Crippen LogP contribution >= 0.6 is 17.0 Å². The molecule has 2 radical (unpaired) electrons. The Morgan fingerprint density at radius 1 is 0.531 bits per heavy atom. The molecule has 0 amide bonds. The van der Waals surface area contributed by atoms with Crippen molar-refractivity contribution in [2.75, 3.05) is 0 Å². The van der Waals surface area contributed by atoms with Crippen molar-refractivity contribution in [3.8, 4) is 33.4 Å². The first-order valence-electron chi connectivity index (χ1n) is 23.7. The third kappa shape index (κ3) is 11.6. The van der Waals surface area contributed by atoms with Crippen LogP contribution in [0, 0.1) is 6.07 Å². The van der Waals surface area contributed by atoms with Gasteiger partial charge in [0, 0.05) is 0 Å². The summed E-state index contributed by atoms with van der Waals surface area (Å²) in [5.41, 5.74) is 17.4. The topological polar surface area (TPSA) is 0 Å². The number of fused-ring (bicyclic) bond motifs is 5. The summed E-state index contributed by atoms with van der Waals surface area (Å²) in [6.07, 6.45) is 9.21. The number of hydrogen-bond acceptors (Lipinski definition) is 0. The summed E-state index contributed by atoms with van der Waals surface area (Å²) >= 11 is -0.826. The smallest absolute Gasteiger partial charge is 0.0920 e. The number of benzene rings is 6. The molecule has 0 saturated carbocycles. The van der Waals surface area contributed by atoms with Crippen LogP contribution in [0.4, 0.5) is 0 Å². The third-order valence-electron chi connectivity index (χ3n) is 13.1. The Hall–Kier alpha value is -3.78.